The van der Waals surface area contributed by atoms with Gasteiger partial charge in [-0.2, -0.15) is 4.98 Å². The van der Waals surface area contributed by atoms with Crippen molar-refractivity contribution in [3.05, 3.63) is 41.8 Å². The number of hydrogen-bond acceptors (Lipinski definition) is 4. The second-order valence-electron chi connectivity index (χ2n) is 3.41. The summed E-state index contributed by atoms with van der Waals surface area (Å²) in [7, 11) is 0. The molecule has 0 unspecified atom stereocenters. The Balaban J connectivity index is 2.27. The first-order valence-corrected chi connectivity index (χ1v) is 4.77. The molecule has 5 heteroatoms. The molecule has 0 aliphatic heterocycles. The van der Waals surface area contributed by atoms with Crippen molar-refractivity contribution in [3.63, 3.8) is 0 Å². The van der Waals surface area contributed by atoms with Gasteiger partial charge in [0.1, 0.15) is 11.6 Å². The number of nitrogens with zero attached hydrogens (tertiary/aromatic N) is 2. The quantitative estimate of drug-likeness (QED) is 0.811. The zero-order valence-corrected chi connectivity index (χ0v) is 8.74. The summed E-state index contributed by atoms with van der Waals surface area (Å²) in [5.74, 6) is 0.296. The van der Waals surface area contributed by atoms with E-state index in [4.69, 9.17) is 5.73 Å². The van der Waals surface area contributed by atoms with Gasteiger partial charge in [0, 0.05) is 6.20 Å². The maximum Gasteiger partial charge on any atom is 0.221 e. The van der Waals surface area contributed by atoms with Crippen LogP contribution in [0.1, 0.15) is 5.56 Å². The summed E-state index contributed by atoms with van der Waals surface area (Å²) in [6, 6.07) is 6.54. The summed E-state index contributed by atoms with van der Waals surface area (Å²) < 4.78 is 13.5. The van der Waals surface area contributed by atoms with E-state index < -0.39 is 0 Å². The Morgan fingerprint density at radius 3 is 2.81 bits per heavy atom. The maximum atomic E-state index is 13.5. The Morgan fingerprint density at radius 1 is 1.31 bits per heavy atom. The largest absolute Gasteiger partial charge is 0.368 e. The van der Waals surface area contributed by atoms with Crippen LogP contribution in [0, 0.1) is 12.7 Å². The van der Waals surface area contributed by atoms with E-state index in [9.17, 15) is 4.39 Å². The topological polar surface area (TPSA) is 63.8 Å². The summed E-state index contributed by atoms with van der Waals surface area (Å²) in [4.78, 5) is 7.67. The highest BCUT2D eigenvalue weighted by Gasteiger charge is 2.03. The van der Waals surface area contributed by atoms with E-state index in [1.165, 1.54) is 12.3 Å². The molecular weight excluding hydrogens is 207 g/mol. The van der Waals surface area contributed by atoms with E-state index in [1.54, 1.807) is 12.1 Å². The second-order valence-corrected chi connectivity index (χ2v) is 3.41. The van der Waals surface area contributed by atoms with Gasteiger partial charge in [-0.3, -0.25) is 0 Å². The summed E-state index contributed by atoms with van der Waals surface area (Å²) in [5.41, 5.74) is 6.65. The first-order valence-electron chi connectivity index (χ1n) is 4.77. The van der Waals surface area contributed by atoms with Crippen molar-refractivity contribution in [1.82, 2.24) is 9.97 Å². The number of hydrogen-bond donors (Lipinski definition) is 2. The molecule has 0 aliphatic rings. The van der Waals surface area contributed by atoms with Gasteiger partial charge in [0.05, 0.1) is 5.69 Å². The molecule has 1 aromatic carbocycles. The van der Waals surface area contributed by atoms with Gasteiger partial charge in [-0.1, -0.05) is 6.07 Å². The smallest absolute Gasteiger partial charge is 0.221 e. The van der Waals surface area contributed by atoms with Crippen LogP contribution in [0.2, 0.25) is 0 Å². The number of aromatic nitrogens is 2. The highest BCUT2D eigenvalue weighted by molar-refractivity contribution is 5.57. The minimum atomic E-state index is -0.322. The molecule has 2 aromatic rings. The van der Waals surface area contributed by atoms with Crippen LogP contribution in [-0.2, 0) is 0 Å². The maximum absolute atomic E-state index is 13.5. The van der Waals surface area contributed by atoms with Gasteiger partial charge < -0.3 is 11.1 Å². The van der Waals surface area contributed by atoms with Crippen LogP contribution in [0.25, 0.3) is 0 Å². The molecule has 0 amide bonds. The third-order valence-electron chi connectivity index (χ3n) is 2.06. The monoisotopic (exact) mass is 218 g/mol. The molecule has 0 bridgehead atoms. The summed E-state index contributed by atoms with van der Waals surface area (Å²) in [5, 5.41) is 2.83. The Morgan fingerprint density at radius 2 is 2.12 bits per heavy atom. The second kappa shape index (κ2) is 4.14. The van der Waals surface area contributed by atoms with E-state index in [1.807, 2.05) is 13.0 Å². The fraction of sp³-hybridized carbons (Fsp3) is 0.0909. The molecular formula is C11H11FN4. The predicted octanol–water partition coefficient (Wildman–Crippen LogP) is 2.25. The lowest BCUT2D eigenvalue weighted by atomic mass is 10.2. The molecule has 0 fully saturated rings. The molecule has 0 saturated carbocycles. The van der Waals surface area contributed by atoms with Gasteiger partial charge in [-0.15, -0.1) is 0 Å². The zero-order chi connectivity index (χ0) is 11.5. The Kier molecular flexibility index (Phi) is 2.68. The molecule has 0 spiro atoms. The van der Waals surface area contributed by atoms with Gasteiger partial charge in [0.2, 0.25) is 5.95 Å². The van der Waals surface area contributed by atoms with Crippen molar-refractivity contribution in [1.29, 1.82) is 0 Å². The number of rotatable bonds is 2. The van der Waals surface area contributed by atoms with E-state index in [-0.39, 0.29) is 11.8 Å². The molecule has 0 radical (unpaired) electrons. The van der Waals surface area contributed by atoms with Crippen molar-refractivity contribution in [3.8, 4) is 0 Å². The summed E-state index contributed by atoms with van der Waals surface area (Å²) in [6.07, 6.45) is 1.51. The van der Waals surface area contributed by atoms with Gasteiger partial charge in [0.25, 0.3) is 0 Å². The average molecular weight is 218 g/mol. The highest BCUT2D eigenvalue weighted by atomic mass is 19.1. The van der Waals surface area contributed by atoms with E-state index >= 15 is 0 Å². The van der Waals surface area contributed by atoms with Crippen LogP contribution >= 0.6 is 0 Å². The first-order chi connectivity index (χ1) is 7.65. The molecule has 3 N–H and O–H groups in total. The van der Waals surface area contributed by atoms with Crippen LogP contribution in [0.3, 0.4) is 0 Å². The van der Waals surface area contributed by atoms with Crippen molar-refractivity contribution >= 4 is 17.5 Å². The SMILES string of the molecule is Cc1ccc(Nc2ccnc(N)n2)c(F)c1. The van der Waals surface area contributed by atoms with Crippen LogP contribution in [0.5, 0.6) is 0 Å². The standard InChI is InChI=1S/C11H11FN4/c1-7-2-3-9(8(12)6-7)15-10-4-5-14-11(13)16-10/h2-6H,1H3,(H3,13,14,15,16). The van der Waals surface area contributed by atoms with Crippen LogP contribution in [0.4, 0.5) is 21.8 Å². The molecule has 2 rings (SSSR count). The molecule has 1 heterocycles. The zero-order valence-electron chi connectivity index (χ0n) is 8.74. The first kappa shape index (κ1) is 10.4. The lowest BCUT2D eigenvalue weighted by Crippen LogP contribution is -2.00. The van der Waals surface area contributed by atoms with Gasteiger partial charge in [-0.25, -0.2) is 9.37 Å². The lowest BCUT2D eigenvalue weighted by molar-refractivity contribution is 0.630. The van der Waals surface area contributed by atoms with Crippen molar-refractivity contribution in [2.24, 2.45) is 0 Å². The number of benzene rings is 1. The Hall–Kier alpha value is -2.17. The normalized spacial score (nSPS) is 10.1. The van der Waals surface area contributed by atoms with Gasteiger partial charge in [0.15, 0.2) is 0 Å². The van der Waals surface area contributed by atoms with Crippen LogP contribution < -0.4 is 11.1 Å². The number of nitrogen functional groups attached to an aromatic ring is 1. The van der Waals surface area contributed by atoms with E-state index in [0.29, 0.717) is 11.5 Å². The van der Waals surface area contributed by atoms with E-state index in [2.05, 4.69) is 15.3 Å². The van der Waals surface area contributed by atoms with Crippen LogP contribution in [-0.4, -0.2) is 9.97 Å². The molecule has 0 atom stereocenters. The predicted molar refractivity (Wildman–Crippen MR) is 60.9 cm³/mol. The molecule has 0 aliphatic carbocycles. The third-order valence-corrected chi connectivity index (χ3v) is 2.06. The van der Waals surface area contributed by atoms with Crippen molar-refractivity contribution < 1.29 is 4.39 Å². The minimum Gasteiger partial charge on any atom is -0.368 e. The van der Waals surface area contributed by atoms with E-state index in [0.717, 1.165) is 5.56 Å². The minimum absolute atomic E-state index is 0.150. The van der Waals surface area contributed by atoms with Crippen molar-refractivity contribution in [2.45, 2.75) is 6.92 Å². The van der Waals surface area contributed by atoms with Crippen LogP contribution in [0.15, 0.2) is 30.5 Å². The molecule has 4 nitrogen and oxygen atoms in total. The van der Waals surface area contributed by atoms with Gasteiger partial charge in [-0.05, 0) is 30.7 Å². The fourth-order valence-electron chi connectivity index (χ4n) is 1.30. The number of nitrogens with two attached hydrogens (primary N) is 1. The summed E-state index contributed by atoms with van der Waals surface area (Å²) in [6.45, 7) is 1.83. The Bertz CT molecular complexity index is 513. The lowest BCUT2D eigenvalue weighted by Gasteiger charge is -2.07. The molecule has 1 aromatic heterocycles. The summed E-state index contributed by atoms with van der Waals surface area (Å²) >= 11 is 0. The molecule has 0 saturated heterocycles. The number of anilines is 3. The average Bonchev–Trinajstić information content (AvgIpc) is 2.22. The number of halogens is 1. The molecule has 16 heavy (non-hydrogen) atoms. The third kappa shape index (κ3) is 2.25. The Labute approximate surface area is 92.3 Å². The fourth-order valence-corrected chi connectivity index (χ4v) is 1.30. The van der Waals surface area contributed by atoms with Crippen molar-refractivity contribution in [2.75, 3.05) is 11.1 Å². The molecule has 82 valence electrons. The number of aryl methyl sites for hydroxylation is 1. The van der Waals surface area contributed by atoms with Gasteiger partial charge >= 0.3 is 0 Å². The number of nitrogens with one attached hydrogen (secondary N) is 1. The highest BCUT2D eigenvalue weighted by Crippen LogP contribution is 2.19.